The van der Waals surface area contributed by atoms with Crippen molar-refractivity contribution < 1.29 is 4.79 Å². The number of hydrogen-bond donors (Lipinski definition) is 2. The molecule has 0 spiro atoms. The third kappa shape index (κ3) is 5.76. The summed E-state index contributed by atoms with van der Waals surface area (Å²) in [6.45, 7) is 4.91. The topological polar surface area (TPSA) is 54.0 Å². The van der Waals surface area contributed by atoms with Crippen LogP contribution in [0.4, 0.5) is 0 Å². The maximum atomic E-state index is 11.7. The van der Waals surface area contributed by atoms with Gasteiger partial charge >= 0.3 is 0 Å². The van der Waals surface area contributed by atoms with Crippen LogP contribution in [0.25, 0.3) is 0 Å². The van der Waals surface area contributed by atoms with E-state index in [1.54, 1.807) is 6.20 Å². The molecule has 2 rings (SSSR count). The molecule has 1 fully saturated rings. The molecule has 4 nitrogen and oxygen atoms in total. The normalized spacial score (nSPS) is 15.4. The molecule has 1 aliphatic rings. The lowest BCUT2D eigenvalue weighted by molar-refractivity contribution is -0.121. The monoisotopic (exact) mass is 305 g/mol. The molecular weight excluding hydrogens is 285 g/mol. The van der Waals surface area contributed by atoms with Crippen molar-refractivity contribution in [2.24, 2.45) is 5.92 Å². The summed E-state index contributed by atoms with van der Waals surface area (Å²) in [5.74, 6) is 0.976. The Morgan fingerprint density at radius 1 is 1.53 bits per heavy atom. The molecule has 6 heteroatoms. The predicted molar refractivity (Wildman–Crippen MR) is 81.1 cm³/mol. The van der Waals surface area contributed by atoms with Crippen LogP contribution < -0.4 is 10.6 Å². The third-order valence-electron chi connectivity index (χ3n) is 3.20. The van der Waals surface area contributed by atoms with Crippen LogP contribution in [-0.4, -0.2) is 30.5 Å². The lowest BCUT2D eigenvalue weighted by Crippen LogP contribution is -2.48. The number of pyridine rings is 1. The first-order valence-corrected chi connectivity index (χ1v) is 6.13. The second-order valence-electron chi connectivity index (χ2n) is 4.72. The first-order valence-electron chi connectivity index (χ1n) is 6.13. The van der Waals surface area contributed by atoms with E-state index < -0.39 is 0 Å². The molecule has 2 N–H and O–H groups in total. The highest BCUT2D eigenvalue weighted by atomic mass is 35.5. The Morgan fingerprint density at radius 3 is 2.79 bits per heavy atom. The molecule has 1 aromatic heterocycles. The van der Waals surface area contributed by atoms with E-state index >= 15 is 0 Å². The van der Waals surface area contributed by atoms with Crippen LogP contribution in [0.3, 0.4) is 0 Å². The van der Waals surface area contributed by atoms with Gasteiger partial charge in [0.15, 0.2) is 0 Å². The highest BCUT2D eigenvalue weighted by Gasteiger charge is 2.18. The van der Waals surface area contributed by atoms with E-state index in [1.165, 1.54) is 0 Å². The van der Waals surface area contributed by atoms with Crippen molar-refractivity contribution in [2.75, 3.05) is 19.6 Å². The number of carbonyl (C=O) groups excluding carboxylic acids is 1. The lowest BCUT2D eigenvalue weighted by atomic mass is 9.99. The molecular formula is C13H21Cl2N3O. The van der Waals surface area contributed by atoms with Crippen molar-refractivity contribution in [3.63, 3.8) is 0 Å². The summed E-state index contributed by atoms with van der Waals surface area (Å²) in [5.41, 5.74) is 1.12. The number of aromatic nitrogens is 1. The number of carbonyl (C=O) groups is 1. The number of hydrogen-bond acceptors (Lipinski definition) is 3. The van der Waals surface area contributed by atoms with Gasteiger partial charge in [-0.1, -0.05) is 13.0 Å². The summed E-state index contributed by atoms with van der Waals surface area (Å²) in [5, 5.41) is 6.18. The molecule has 2 heterocycles. The smallest absolute Gasteiger partial charge is 0.220 e. The highest BCUT2D eigenvalue weighted by Crippen LogP contribution is 2.17. The van der Waals surface area contributed by atoms with Gasteiger partial charge in [-0.15, -0.1) is 24.8 Å². The highest BCUT2D eigenvalue weighted by molar-refractivity contribution is 5.85. The molecule has 0 radical (unpaired) electrons. The van der Waals surface area contributed by atoms with Crippen molar-refractivity contribution in [1.29, 1.82) is 0 Å². The van der Waals surface area contributed by atoms with Crippen molar-refractivity contribution in [1.82, 2.24) is 15.6 Å². The van der Waals surface area contributed by atoms with E-state index in [0.717, 1.165) is 25.2 Å². The zero-order chi connectivity index (χ0) is 12.1. The van der Waals surface area contributed by atoms with Gasteiger partial charge in [0.1, 0.15) is 0 Å². The van der Waals surface area contributed by atoms with Crippen LogP contribution in [0.15, 0.2) is 24.5 Å². The standard InChI is InChI=1S/C13H19N3O.2ClH/c1-10(12-3-2-4-14-9-12)5-13(17)16-8-11-6-15-7-11;;/h2-4,9-11,15H,5-8H2,1H3,(H,16,17);2*1H. The number of nitrogens with zero attached hydrogens (tertiary/aromatic N) is 1. The molecule has 1 atom stereocenters. The second kappa shape index (κ2) is 9.13. The van der Waals surface area contributed by atoms with Crippen LogP contribution in [0, 0.1) is 5.92 Å². The molecule has 19 heavy (non-hydrogen) atoms. The van der Waals surface area contributed by atoms with Gasteiger partial charge in [-0.3, -0.25) is 9.78 Å². The Morgan fingerprint density at radius 2 is 2.26 bits per heavy atom. The van der Waals surface area contributed by atoms with Crippen LogP contribution in [0.5, 0.6) is 0 Å². The maximum absolute atomic E-state index is 11.7. The summed E-state index contributed by atoms with van der Waals surface area (Å²) in [6, 6.07) is 3.92. The number of rotatable bonds is 5. The largest absolute Gasteiger partial charge is 0.356 e. The molecule has 0 saturated carbocycles. The van der Waals surface area contributed by atoms with Gasteiger partial charge in [0.2, 0.25) is 5.91 Å². The number of nitrogens with one attached hydrogen (secondary N) is 2. The Balaban J connectivity index is 0.00000162. The fraction of sp³-hybridized carbons (Fsp3) is 0.538. The van der Waals surface area contributed by atoms with Crippen LogP contribution >= 0.6 is 24.8 Å². The van der Waals surface area contributed by atoms with E-state index in [1.807, 2.05) is 18.3 Å². The summed E-state index contributed by atoms with van der Waals surface area (Å²) >= 11 is 0. The number of halogens is 2. The van der Waals surface area contributed by atoms with E-state index in [-0.39, 0.29) is 36.6 Å². The minimum absolute atomic E-state index is 0. The Kier molecular flexibility index (Phi) is 8.72. The van der Waals surface area contributed by atoms with Crippen molar-refractivity contribution in [3.05, 3.63) is 30.1 Å². The van der Waals surface area contributed by atoms with Gasteiger partial charge in [0.25, 0.3) is 0 Å². The van der Waals surface area contributed by atoms with E-state index in [9.17, 15) is 4.79 Å². The Labute approximate surface area is 126 Å². The van der Waals surface area contributed by atoms with Crippen LogP contribution in [0.2, 0.25) is 0 Å². The van der Waals surface area contributed by atoms with Gasteiger partial charge in [-0.05, 0) is 17.5 Å². The zero-order valence-electron chi connectivity index (χ0n) is 11.0. The summed E-state index contributed by atoms with van der Waals surface area (Å²) in [7, 11) is 0. The van der Waals surface area contributed by atoms with Crippen LogP contribution in [-0.2, 0) is 4.79 Å². The van der Waals surface area contributed by atoms with Crippen LogP contribution in [0.1, 0.15) is 24.8 Å². The van der Waals surface area contributed by atoms with E-state index in [4.69, 9.17) is 0 Å². The molecule has 1 aliphatic heterocycles. The molecule has 1 amide bonds. The average Bonchev–Trinajstić information content (AvgIpc) is 2.28. The molecule has 0 bridgehead atoms. The quantitative estimate of drug-likeness (QED) is 0.871. The van der Waals surface area contributed by atoms with Gasteiger partial charge in [-0.25, -0.2) is 0 Å². The molecule has 1 saturated heterocycles. The van der Waals surface area contributed by atoms with E-state index in [2.05, 4.69) is 22.5 Å². The SMILES string of the molecule is CC(CC(=O)NCC1CNC1)c1cccnc1.Cl.Cl. The number of amides is 1. The first kappa shape index (κ1) is 18.2. The maximum Gasteiger partial charge on any atom is 0.220 e. The zero-order valence-corrected chi connectivity index (χ0v) is 12.6. The van der Waals surface area contributed by atoms with Gasteiger partial charge in [0.05, 0.1) is 0 Å². The Bertz CT molecular complexity index is 371. The molecule has 108 valence electrons. The molecule has 1 aromatic rings. The van der Waals surface area contributed by atoms with Crippen molar-refractivity contribution >= 4 is 30.7 Å². The van der Waals surface area contributed by atoms with Crippen molar-refractivity contribution in [2.45, 2.75) is 19.3 Å². The molecule has 0 aliphatic carbocycles. The van der Waals surface area contributed by atoms with E-state index in [0.29, 0.717) is 12.3 Å². The lowest BCUT2D eigenvalue weighted by Gasteiger charge is -2.27. The summed E-state index contributed by atoms with van der Waals surface area (Å²) in [4.78, 5) is 15.8. The predicted octanol–water partition coefficient (Wildman–Crippen LogP) is 1.75. The molecule has 0 aromatic carbocycles. The van der Waals surface area contributed by atoms with Gasteiger partial charge in [-0.2, -0.15) is 0 Å². The minimum atomic E-state index is 0. The second-order valence-corrected chi connectivity index (χ2v) is 4.72. The Hall–Kier alpha value is -0.840. The average molecular weight is 306 g/mol. The molecule has 1 unspecified atom stereocenters. The fourth-order valence-electron chi connectivity index (χ4n) is 1.89. The van der Waals surface area contributed by atoms with Gasteiger partial charge < -0.3 is 10.6 Å². The summed E-state index contributed by atoms with van der Waals surface area (Å²) < 4.78 is 0. The third-order valence-corrected chi connectivity index (χ3v) is 3.20. The van der Waals surface area contributed by atoms with Gasteiger partial charge in [0, 0.05) is 44.4 Å². The van der Waals surface area contributed by atoms with Crippen molar-refractivity contribution in [3.8, 4) is 0 Å². The minimum Gasteiger partial charge on any atom is -0.356 e. The summed E-state index contributed by atoms with van der Waals surface area (Å²) in [6.07, 6.45) is 4.11. The first-order chi connectivity index (χ1) is 8.25. The fourth-order valence-corrected chi connectivity index (χ4v) is 1.89.